The predicted octanol–water partition coefficient (Wildman–Crippen LogP) is 2.65. The second kappa shape index (κ2) is 6.85. The maximum atomic E-state index is 11.3. The van der Waals surface area contributed by atoms with Gasteiger partial charge >= 0.3 is 5.97 Å². The van der Waals surface area contributed by atoms with Gasteiger partial charge in [-0.2, -0.15) is 0 Å². The van der Waals surface area contributed by atoms with Crippen LogP contribution >= 0.6 is 11.3 Å². The van der Waals surface area contributed by atoms with Crippen LogP contribution in [-0.2, 0) is 17.7 Å². The minimum Gasteiger partial charge on any atom is -0.477 e. The average molecular weight is 312 g/mol. The van der Waals surface area contributed by atoms with Gasteiger partial charge in [-0.25, -0.2) is 9.78 Å². The number of ether oxygens (including phenoxy) is 1. The molecule has 0 aliphatic carbocycles. The Hall–Kier alpha value is -0.980. The quantitative estimate of drug-likeness (QED) is 0.905. The monoisotopic (exact) mass is 312 g/mol. The van der Waals surface area contributed by atoms with Crippen LogP contribution in [0.1, 0.15) is 48.1 Å². The highest BCUT2D eigenvalue weighted by Gasteiger charge is 2.24. The number of aromatic carboxylic acids is 1. The second-order valence-corrected chi connectivity index (χ2v) is 7.32. The molecule has 1 N–H and O–H groups in total. The molecule has 1 aliphatic rings. The highest BCUT2D eigenvalue weighted by atomic mass is 32.1. The van der Waals surface area contributed by atoms with Gasteiger partial charge in [0.25, 0.3) is 0 Å². The van der Waals surface area contributed by atoms with Crippen molar-refractivity contribution >= 4 is 17.3 Å². The fourth-order valence-corrected chi connectivity index (χ4v) is 3.74. The fourth-order valence-electron chi connectivity index (χ4n) is 2.77. The van der Waals surface area contributed by atoms with Gasteiger partial charge < -0.3 is 9.84 Å². The molecule has 0 spiro atoms. The summed E-state index contributed by atoms with van der Waals surface area (Å²) in [6.07, 6.45) is 1.14. The van der Waals surface area contributed by atoms with E-state index in [0.717, 1.165) is 23.8 Å². The summed E-state index contributed by atoms with van der Waals surface area (Å²) in [5.41, 5.74) is 0.729. The Kier molecular flexibility index (Phi) is 5.35. The smallest absolute Gasteiger partial charge is 0.347 e. The number of rotatable bonds is 5. The van der Waals surface area contributed by atoms with Gasteiger partial charge in [0.2, 0.25) is 0 Å². The van der Waals surface area contributed by atoms with Crippen molar-refractivity contribution in [1.82, 2.24) is 9.88 Å². The van der Waals surface area contributed by atoms with Gasteiger partial charge in [0, 0.05) is 13.1 Å². The van der Waals surface area contributed by atoms with Crippen molar-refractivity contribution in [3.8, 4) is 0 Å². The molecule has 2 unspecified atom stereocenters. The van der Waals surface area contributed by atoms with Crippen molar-refractivity contribution in [2.24, 2.45) is 5.92 Å². The van der Waals surface area contributed by atoms with Crippen LogP contribution in [0.25, 0.3) is 0 Å². The Balaban J connectivity index is 2.11. The highest BCUT2D eigenvalue weighted by molar-refractivity contribution is 7.13. The lowest BCUT2D eigenvalue weighted by molar-refractivity contribution is -0.0705. The van der Waals surface area contributed by atoms with Crippen molar-refractivity contribution in [2.45, 2.75) is 52.9 Å². The molecule has 0 bridgehead atoms. The summed E-state index contributed by atoms with van der Waals surface area (Å²) in [5, 5.41) is 10.2. The van der Waals surface area contributed by atoms with E-state index >= 15 is 0 Å². The SMILES string of the molecule is CC(C)Cc1nc(CN2CC(C)OC(C)C2)sc1C(=O)O. The first-order chi connectivity index (χ1) is 9.85. The van der Waals surface area contributed by atoms with Gasteiger partial charge in [-0.1, -0.05) is 13.8 Å². The molecule has 1 aromatic rings. The molecule has 5 nitrogen and oxygen atoms in total. The summed E-state index contributed by atoms with van der Waals surface area (Å²) in [6.45, 7) is 10.7. The Morgan fingerprint density at radius 1 is 1.43 bits per heavy atom. The van der Waals surface area contributed by atoms with Gasteiger partial charge in [0.05, 0.1) is 24.4 Å². The molecule has 1 saturated heterocycles. The molecule has 6 heteroatoms. The summed E-state index contributed by atoms with van der Waals surface area (Å²) in [4.78, 5) is 18.6. The first-order valence-electron chi connectivity index (χ1n) is 7.44. The number of hydrogen-bond donors (Lipinski definition) is 1. The van der Waals surface area contributed by atoms with Crippen molar-refractivity contribution in [3.63, 3.8) is 0 Å². The van der Waals surface area contributed by atoms with Crippen LogP contribution in [0.2, 0.25) is 0 Å². The van der Waals surface area contributed by atoms with Gasteiger partial charge in [0.1, 0.15) is 9.88 Å². The average Bonchev–Trinajstić information content (AvgIpc) is 2.69. The van der Waals surface area contributed by atoms with E-state index in [2.05, 4.69) is 37.6 Å². The van der Waals surface area contributed by atoms with E-state index in [9.17, 15) is 9.90 Å². The Bertz CT molecular complexity index is 491. The molecule has 21 heavy (non-hydrogen) atoms. The van der Waals surface area contributed by atoms with E-state index < -0.39 is 5.97 Å². The first kappa shape index (κ1) is 16.4. The Morgan fingerprint density at radius 3 is 2.57 bits per heavy atom. The number of carboxylic acids is 1. The third-order valence-corrected chi connectivity index (χ3v) is 4.46. The van der Waals surface area contributed by atoms with Crippen LogP contribution in [0.5, 0.6) is 0 Å². The maximum absolute atomic E-state index is 11.3. The standard InChI is InChI=1S/C15H24N2O3S/c1-9(2)5-12-14(15(18)19)21-13(16-12)8-17-6-10(3)20-11(4)7-17/h9-11H,5-8H2,1-4H3,(H,18,19). The maximum Gasteiger partial charge on any atom is 0.347 e. The predicted molar refractivity (Wildman–Crippen MR) is 82.9 cm³/mol. The molecule has 0 aromatic carbocycles. The number of aromatic nitrogens is 1. The van der Waals surface area contributed by atoms with Crippen molar-refractivity contribution in [2.75, 3.05) is 13.1 Å². The van der Waals surface area contributed by atoms with Crippen LogP contribution in [0.3, 0.4) is 0 Å². The lowest BCUT2D eigenvalue weighted by atomic mass is 10.1. The number of morpholine rings is 1. The summed E-state index contributed by atoms with van der Waals surface area (Å²) in [5.74, 6) is -0.459. The van der Waals surface area contributed by atoms with Gasteiger partial charge in [-0.15, -0.1) is 11.3 Å². The number of carbonyl (C=O) groups is 1. The molecule has 1 aliphatic heterocycles. The van der Waals surface area contributed by atoms with Gasteiger partial charge in [0.15, 0.2) is 0 Å². The molecular weight excluding hydrogens is 288 g/mol. The van der Waals surface area contributed by atoms with Crippen molar-refractivity contribution in [1.29, 1.82) is 0 Å². The topological polar surface area (TPSA) is 62.7 Å². The highest BCUT2D eigenvalue weighted by Crippen LogP contribution is 2.24. The number of nitrogens with zero attached hydrogens (tertiary/aromatic N) is 2. The minimum absolute atomic E-state index is 0.211. The summed E-state index contributed by atoms with van der Waals surface area (Å²) in [7, 11) is 0. The first-order valence-corrected chi connectivity index (χ1v) is 8.26. The summed E-state index contributed by atoms with van der Waals surface area (Å²) < 4.78 is 5.72. The van der Waals surface area contributed by atoms with Crippen LogP contribution in [0.15, 0.2) is 0 Å². The third-order valence-electron chi connectivity index (χ3n) is 3.39. The number of carboxylic acid groups (broad SMARTS) is 1. The van der Waals surface area contributed by atoms with Crippen LogP contribution in [0.4, 0.5) is 0 Å². The van der Waals surface area contributed by atoms with Crippen LogP contribution in [0, 0.1) is 5.92 Å². The van der Waals surface area contributed by atoms with E-state index in [1.807, 2.05) is 0 Å². The van der Waals surface area contributed by atoms with E-state index in [4.69, 9.17) is 4.74 Å². The molecule has 0 amide bonds. The minimum atomic E-state index is -0.863. The molecule has 0 saturated carbocycles. The molecule has 2 heterocycles. The molecule has 1 fully saturated rings. The third kappa shape index (κ3) is 4.49. The molecule has 2 rings (SSSR count). The Morgan fingerprint density at radius 2 is 2.05 bits per heavy atom. The zero-order chi connectivity index (χ0) is 15.6. The normalized spacial score (nSPS) is 23.7. The van der Waals surface area contributed by atoms with Crippen LogP contribution in [-0.4, -0.2) is 46.3 Å². The van der Waals surface area contributed by atoms with E-state index in [1.54, 1.807) is 0 Å². The second-order valence-electron chi connectivity index (χ2n) is 6.24. The molecule has 2 atom stereocenters. The fraction of sp³-hybridized carbons (Fsp3) is 0.733. The van der Waals surface area contributed by atoms with Crippen molar-refractivity contribution < 1.29 is 14.6 Å². The zero-order valence-electron chi connectivity index (χ0n) is 13.1. The molecule has 0 radical (unpaired) electrons. The lowest BCUT2D eigenvalue weighted by Gasteiger charge is -2.34. The molecule has 118 valence electrons. The van der Waals surface area contributed by atoms with E-state index in [1.165, 1.54) is 11.3 Å². The molecule has 1 aromatic heterocycles. The molecular formula is C15H24N2O3S. The van der Waals surface area contributed by atoms with E-state index in [-0.39, 0.29) is 12.2 Å². The number of hydrogen-bond acceptors (Lipinski definition) is 5. The Labute approximate surface area is 129 Å². The van der Waals surface area contributed by atoms with Gasteiger partial charge in [-0.05, 0) is 26.2 Å². The van der Waals surface area contributed by atoms with Crippen molar-refractivity contribution in [3.05, 3.63) is 15.6 Å². The lowest BCUT2D eigenvalue weighted by Crippen LogP contribution is -2.44. The summed E-state index contributed by atoms with van der Waals surface area (Å²) in [6, 6.07) is 0. The number of thiazole rings is 1. The van der Waals surface area contributed by atoms with E-state index in [0.29, 0.717) is 23.8 Å². The van der Waals surface area contributed by atoms with Gasteiger partial charge in [-0.3, -0.25) is 4.90 Å². The zero-order valence-corrected chi connectivity index (χ0v) is 13.9. The largest absolute Gasteiger partial charge is 0.477 e. The van der Waals surface area contributed by atoms with Crippen LogP contribution < -0.4 is 0 Å². The summed E-state index contributed by atoms with van der Waals surface area (Å²) >= 11 is 1.31.